The molecule has 4 heteroatoms. The van der Waals surface area contributed by atoms with Crippen LogP contribution in [0.2, 0.25) is 0 Å². The maximum absolute atomic E-state index is 12.8. The van der Waals surface area contributed by atoms with Gasteiger partial charge in [0.15, 0.2) is 0 Å². The van der Waals surface area contributed by atoms with Crippen LogP contribution < -0.4 is 10.1 Å². The third-order valence-corrected chi connectivity index (χ3v) is 3.07. The number of ether oxygens (including phenoxy) is 1. The number of halogens is 1. The Hall–Kier alpha value is -1.94. The molecule has 3 rings (SSSR count). The predicted octanol–water partition coefficient (Wildman–Crippen LogP) is 3.27. The monoisotopic (exact) mass is 258 g/mol. The fraction of sp³-hybridized carbons (Fsp3) is 0.267. The molecule has 1 saturated carbocycles. The number of pyridine rings is 1. The molecule has 1 N–H and O–H groups in total. The first-order chi connectivity index (χ1) is 9.31. The third kappa shape index (κ3) is 3.29. The summed E-state index contributed by atoms with van der Waals surface area (Å²) < 4.78 is 18.6. The van der Waals surface area contributed by atoms with Crippen LogP contribution in [0.5, 0.6) is 11.5 Å². The van der Waals surface area contributed by atoms with E-state index in [1.807, 2.05) is 6.07 Å². The van der Waals surface area contributed by atoms with Gasteiger partial charge in [0.25, 0.3) is 0 Å². The molecule has 1 aliphatic rings. The summed E-state index contributed by atoms with van der Waals surface area (Å²) in [5.41, 5.74) is 1.06. The highest BCUT2D eigenvalue weighted by Gasteiger charge is 2.20. The maximum atomic E-state index is 12.8. The van der Waals surface area contributed by atoms with Crippen molar-refractivity contribution in [3.05, 3.63) is 54.1 Å². The quantitative estimate of drug-likeness (QED) is 0.893. The van der Waals surface area contributed by atoms with Crippen LogP contribution in [0.25, 0.3) is 0 Å². The van der Waals surface area contributed by atoms with Crippen molar-refractivity contribution in [2.24, 2.45) is 0 Å². The van der Waals surface area contributed by atoms with Crippen LogP contribution in [0.3, 0.4) is 0 Å². The van der Waals surface area contributed by atoms with Crippen LogP contribution in [-0.4, -0.2) is 11.0 Å². The second-order valence-corrected chi connectivity index (χ2v) is 4.69. The topological polar surface area (TPSA) is 34.1 Å². The van der Waals surface area contributed by atoms with E-state index in [9.17, 15) is 4.39 Å². The molecular formula is C15H15FN2O. The van der Waals surface area contributed by atoms with Crippen LogP contribution >= 0.6 is 0 Å². The van der Waals surface area contributed by atoms with Gasteiger partial charge in [-0.2, -0.15) is 0 Å². The molecule has 1 aliphatic carbocycles. The van der Waals surface area contributed by atoms with Gasteiger partial charge in [-0.25, -0.2) is 4.39 Å². The molecular weight excluding hydrogens is 243 g/mol. The van der Waals surface area contributed by atoms with Gasteiger partial charge < -0.3 is 10.1 Å². The Balaban J connectivity index is 1.73. The molecule has 0 spiro atoms. The van der Waals surface area contributed by atoms with E-state index in [4.69, 9.17) is 4.74 Å². The van der Waals surface area contributed by atoms with E-state index in [0.717, 1.165) is 12.1 Å². The molecule has 0 bridgehead atoms. The summed E-state index contributed by atoms with van der Waals surface area (Å²) in [6.45, 7) is 0.768. The van der Waals surface area contributed by atoms with E-state index in [-0.39, 0.29) is 5.82 Å². The fourth-order valence-electron chi connectivity index (χ4n) is 1.82. The van der Waals surface area contributed by atoms with Gasteiger partial charge in [-0.1, -0.05) is 0 Å². The first-order valence-electron chi connectivity index (χ1n) is 6.41. The lowest BCUT2D eigenvalue weighted by Gasteiger charge is -2.11. The summed E-state index contributed by atoms with van der Waals surface area (Å²) in [4.78, 5) is 4.07. The first-order valence-corrected chi connectivity index (χ1v) is 6.41. The Labute approximate surface area is 111 Å². The molecule has 19 heavy (non-hydrogen) atoms. The van der Waals surface area contributed by atoms with Gasteiger partial charge in [0.1, 0.15) is 17.3 Å². The highest BCUT2D eigenvalue weighted by Crippen LogP contribution is 2.26. The highest BCUT2D eigenvalue weighted by atomic mass is 19.1. The van der Waals surface area contributed by atoms with Crippen LogP contribution in [0.4, 0.5) is 4.39 Å². The molecule has 0 radical (unpaired) electrons. The molecule has 1 aromatic carbocycles. The Morgan fingerprint density at radius 3 is 2.74 bits per heavy atom. The van der Waals surface area contributed by atoms with Gasteiger partial charge in [-0.15, -0.1) is 0 Å². The van der Waals surface area contributed by atoms with E-state index in [1.54, 1.807) is 24.5 Å². The normalized spacial score (nSPS) is 14.4. The predicted molar refractivity (Wildman–Crippen MR) is 70.6 cm³/mol. The van der Waals surface area contributed by atoms with Gasteiger partial charge in [0.05, 0.1) is 6.20 Å². The van der Waals surface area contributed by atoms with Crippen molar-refractivity contribution >= 4 is 0 Å². The number of hydrogen-bond acceptors (Lipinski definition) is 3. The summed E-state index contributed by atoms with van der Waals surface area (Å²) in [5.74, 6) is 1.05. The number of nitrogens with zero attached hydrogens (tertiary/aromatic N) is 1. The van der Waals surface area contributed by atoms with Crippen molar-refractivity contribution in [1.29, 1.82) is 0 Å². The van der Waals surface area contributed by atoms with Crippen LogP contribution in [0.1, 0.15) is 18.4 Å². The molecule has 1 aromatic heterocycles. The van der Waals surface area contributed by atoms with Crippen LogP contribution in [-0.2, 0) is 6.54 Å². The fourth-order valence-corrected chi connectivity index (χ4v) is 1.82. The van der Waals surface area contributed by atoms with Crippen molar-refractivity contribution in [3.63, 3.8) is 0 Å². The number of benzene rings is 1. The molecule has 0 saturated heterocycles. The summed E-state index contributed by atoms with van der Waals surface area (Å²) >= 11 is 0. The minimum absolute atomic E-state index is 0.269. The SMILES string of the molecule is Fc1ccc(Oc2cnccc2CNC2CC2)cc1. The van der Waals surface area contributed by atoms with Gasteiger partial charge >= 0.3 is 0 Å². The van der Waals surface area contributed by atoms with Crippen molar-refractivity contribution in [3.8, 4) is 11.5 Å². The number of aromatic nitrogens is 1. The number of rotatable bonds is 5. The zero-order valence-electron chi connectivity index (χ0n) is 10.5. The van der Waals surface area contributed by atoms with Gasteiger partial charge in [0, 0.05) is 24.3 Å². The first kappa shape index (κ1) is 12.1. The van der Waals surface area contributed by atoms with E-state index < -0.39 is 0 Å². The standard InChI is InChI=1S/C15H15FN2O/c16-12-1-5-14(6-2-12)19-15-10-17-8-7-11(15)9-18-13-3-4-13/h1-2,5-8,10,13,18H,3-4,9H2. The minimum Gasteiger partial charge on any atom is -0.455 e. The van der Waals surface area contributed by atoms with Gasteiger partial charge in [-0.3, -0.25) is 4.98 Å². The zero-order valence-corrected chi connectivity index (χ0v) is 10.5. The van der Waals surface area contributed by atoms with Gasteiger partial charge in [0.2, 0.25) is 0 Å². The summed E-state index contributed by atoms with van der Waals surface area (Å²) in [6, 6.07) is 8.57. The van der Waals surface area contributed by atoms with E-state index in [0.29, 0.717) is 17.5 Å². The van der Waals surface area contributed by atoms with Crippen LogP contribution in [0, 0.1) is 5.82 Å². The van der Waals surface area contributed by atoms with Crippen molar-refractivity contribution < 1.29 is 9.13 Å². The summed E-state index contributed by atoms with van der Waals surface area (Å²) in [7, 11) is 0. The van der Waals surface area contributed by atoms with Crippen LogP contribution in [0.15, 0.2) is 42.7 Å². The van der Waals surface area contributed by atoms with E-state index >= 15 is 0 Å². The van der Waals surface area contributed by atoms with Crippen molar-refractivity contribution in [2.45, 2.75) is 25.4 Å². The average Bonchev–Trinajstić information content (AvgIpc) is 3.25. The molecule has 1 fully saturated rings. The number of hydrogen-bond donors (Lipinski definition) is 1. The lowest BCUT2D eigenvalue weighted by molar-refractivity contribution is 0.468. The zero-order chi connectivity index (χ0) is 13.1. The van der Waals surface area contributed by atoms with Gasteiger partial charge in [-0.05, 0) is 43.2 Å². The van der Waals surface area contributed by atoms with E-state index in [1.165, 1.54) is 25.0 Å². The summed E-state index contributed by atoms with van der Waals surface area (Å²) in [6.07, 6.45) is 5.94. The van der Waals surface area contributed by atoms with Crippen molar-refractivity contribution in [1.82, 2.24) is 10.3 Å². The second kappa shape index (κ2) is 5.36. The largest absolute Gasteiger partial charge is 0.455 e. The Morgan fingerprint density at radius 1 is 1.21 bits per heavy atom. The maximum Gasteiger partial charge on any atom is 0.150 e. The molecule has 0 aliphatic heterocycles. The molecule has 1 heterocycles. The lowest BCUT2D eigenvalue weighted by atomic mass is 10.2. The molecule has 0 amide bonds. The lowest BCUT2D eigenvalue weighted by Crippen LogP contribution is -2.15. The Morgan fingerprint density at radius 2 is 2.00 bits per heavy atom. The van der Waals surface area contributed by atoms with Crippen molar-refractivity contribution in [2.75, 3.05) is 0 Å². The molecule has 0 unspecified atom stereocenters. The minimum atomic E-state index is -0.269. The Kier molecular flexibility index (Phi) is 3.42. The Bertz CT molecular complexity index is 552. The molecule has 0 atom stereocenters. The molecule has 2 aromatic rings. The second-order valence-electron chi connectivity index (χ2n) is 4.69. The highest BCUT2D eigenvalue weighted by molar-refractivity contribution is 5.35. The van der Waals surface area contributed by atoms with E-state index in [2.05, 4.69) is 10.3 Å². The molecule has 98 valence electrons. The number of nitrogens with one attached hydrogen (secondary N) is 1. The molecule has 3 nitrogen and oxygen atoms in total. The smallest absolute Gasteiger partial charge is 0.150 e. The average molecular weight is 258 g/mol. The third-order valence-electron chi connectivity index (χ3n) is 3.07. The summed E-state index contributed by atoms with van der Waals surface area (Å²) in [5, 5.41) is 3.44.